The fourth-order valence-electron chi connectivity index (χ4n) is 2.29. The minimum Gasteiger partial charge on any atom is -0.378 e. The van der Waals surface area contributed by atoms with E-state index in [-0.39, 0.29) is 16.7 Å². The summed E-state index contributed by atoms with van der Waals surface area (Å²) >= 11 is 5.99. The van der Waals surface area contributed by atoms with Crippen LogP contribution in [0.15, 0.2) is 36.4 Å². The molecule has 0 radical (unpaired) electrons. The van der Waals surface area contributed by atoms with Gasteiger partial charge in [-0.15, -0.1) is 0 Å². The van der Waals surface area contributed by atoms with E-state index in [1.165, 1.54) is 0 Å². The summed E-state index contributed by atoms with van der Waals surface area (Å²) in [5.41, 5.74) is 3.57. The van der Waals surface area contributed by atoms with E-state index in [9.17, 15) is 10.1 Å². The van der Waals surface area contributed by atoms with Crippen LogP contribution in [0.2, 0.25) is 5.02 Å². The van der Waals surface area contributed by atoms with Crippen LogP contribution in [0.5, 0.6) is 0 Å². The van der Waals surface area contributed by atoms with Gasteiger partial charge < -0.3 is 5.32 Å². The van der Waals surface area contributed by atoms with Gasteiger partial charge in [-0.3, -0.25) is 10.1 Å². The second-order valence-corrected chi connectivity index (χ2v) is 5.57. The highest BCUT2D eigenvalue weighted by atomic mass is 35.5. The van der Waals surface area contributed by atoms with Crippen LogP contribution >= 0.6 is 11.6 Å². The van der Waals surface area contributed by atoms with E-state index in [1.807, 2.05) is 44.2 Å². The summed E-state index contributed by atoms with van der Waals surface area (Å²) in [5, 5.41) is 15.0. The molecule has 5 heteroatoms. The van der Waals surface area contributed by atoms with Gasteiger partial charge >= 0.3 is 0 Å². The Labute approximate surface area is 128 Å². The van der Waals surface area contributed by atoms with Crippen LogP contribution in [0, 0.1) is 24.0 Å². The molecule has 0 heterocycles. The Morgan fingerprint density at radius 2 is 1.90 bits per heavy atom. The lowest BCUT2D eigenvalue weighted by molar-refractivity contribution is -0.385. The number of aryl methyl sites for hydroxylation is 2. The lowest BCUT2D eigenvalue weighted by Crippen LogP contribution is -2.08. The van der Waals surface area contributed by atoms with Crippen molar-refractivity contribution in [1.82, 2.24) is 0 Å². The van der Waals surface area contributed by atoms with E-state index in [1.54, 1.807) is 13.0 Å². The van der Waals surface area contributed by atoms with Crippen molar-refractivity contribution in [2.75, 3.05) is 5.32 Å². The Morgan fingerprint density at radius 3 is 2.52 bits per heavy atom. The third-order valence-corrected chi connectivity index (χ3v) is 3.70. The molecule has 0 amide bonds. The summed E-state index contributed by atoms with van der Waals surface area (Å²) in [6, 6.07) is 11.0. The first-order chi connectivity index (χ1) is 9.88. The molecule has 21 heavy (non-hydrogen) atoms. The average Bonchev–Trinajstić information content (AvgIpc) is 2.41. The Balaban J connectivity index is 2.31. The summed E-state index contributed by atoms with van der Waals surface area (Å²) < 4.78 is 0. The van der Waals surface area contributed by atoms with Gasteiger partial charge in [-0.2, -0.15) is 0 Å². The zero-order valence-corrected chi connectivity index (χ0v) is 12.9. The second-order valence-electron chi connectivity index (χ2n) is 5.13. The molecule has 0 saturated heterocycles. The molecule has 1 unspecified atom stereocenters. The van der Waals surface area contributed by atoms with Crippen LogP contribution in [-0.2, 0) is 0 Å². The normalized spacial score (nSPS) is 12.0. The van der Waals surface area contributed by atoms with Crippen molar-refractivity contribution in [3.63, 3.8) is 0 Å². The first-order valence-corrected chi connectivity index (χ1v) is 7.04. The number of rotatable bonds is 4. The summed E-state index contributed by atoms with van der Waals surface area (Å²) in [6.45, 7) is 5.68. The van der Waals surface area contributed by atoms with E-state index < -0.39 is 0 Å². The maximum absolute atomic E-state index is 11.0. The lowest BCUT2D eigenvalue weighted by Gasteiger charge is -2.18. The smallest absolute Gasteiger partial charge is 0.274 e. The SMILES string of the molecule is Cc1cc(C)c([N+](=O)[O-])cc1NC(C)c1cccc(Cl)c1. The maximum Gasteiger partial charge on any atom is 0.274 e. The molecule has 1 N–H and O–H groups in total. The fraction of sp³-hybridized carbons (Fsp3) is 0.250. The summed E-state index contributed by atoms with van der Waals surface area (Å²) in [6.07, 6.45) is 0. The highest BCUT2D eigenvalue weighted by molar-refractivity contribution is 6.30. The van der Waals surface area contributed by atoms with E-state index in [0.717, 1.165) is 16.8 Å². The summed E-state index contributed by atoms with van der Waals surface area (Å²) in [7, 11) is 0. The summed E-state index contributed by atoms with van der Waals surface area (Å²) in [4.78, 5) is 10.7. The van der Waals surface area contributed by atoms with E-state index in [4.69, 9.17) is 11.6 Å². The van der Waals surface area contributed by atoms with Gasteiger partial charge in [-0.05, 0) is 50.1 Å². The van der Waals surface area contributed by atoms with Crippen LogP contribution in [0.4, 0.5) is 11.4 Å². The highest BCUT2D eigenvalue weighted by Crippen LogP contribution is 2.29. The number of nitro groups is 1. The van der Waals surface area contributed by atoms with Crippen molar-refractivity contribution in [2.45, 2.75) is 26.8 Å². The minimum absolute atomic E-state index is 0.00436. The average molecular weight is 305 g/mol. The fourth-order valence-corrected chi connectivity index (χ4v) is 2.48. The largest absolute Gasteiger partial charge is 0.378 e. The van der Waals surface area contributed by atoms with E-state index >= 15 is 0 Å². The third kappa shape index (κ3) is 3.52. The number of nitro benzene ring substituents is 1. The Kier molecular flexibility index (Phi) is 4.48. The van der Waals surface area contributed by atoms with Crippen LogP contribution < -0.4 is 5.32 Å². The zero-order valence-electron chi connectivity index (χ0n) is 12.2. The molecule has 0 aliphatic carbocycles. The molecule has 0 aliphatic heterocycles. The molecule has 4 nitrogen and oxygen atoms in total. The quantitative estimate of drug-likeness (QED) is 0.636. The molecule has 110 valence electrons. The molecule has 1 atom stereocenters. The lowest BCUT2D eigenvalue weighted by atomic mass is 10.1. The van der Waals surface area contributed by atoms with E-state index in [2.05, 4.69) is 5.32 Å². The summed E-state index contributed by atoms with van der Waals surface area (Å²) in [5.74, 6) is 0. The Morgan fingerprint density at radius 1 is 1.19 bits per heavy atom. The predicted molar refractivity (Wildman–Crippen MR) is 86.1 cm³/mol. The van der Waals surface area contributed by atoms with Crippen molar-refractivity contribution in [2.24, 2.45) is 0 Å². The van der Waals surface area contributed by atoms with Crippen LogP contribution in [0.3, 0.4) is 0 Å². The number of nitrogens with one attached hydrogen (secondary N) is 1. The van der Waals surface area contributed by atoms with E-state index in [0.29, 0.717) is 10.6 Å². The number of anilines is 1. The predicted octanol–water partition coefficient (Wildman–Crippen LogP) is 5.04. The monoisotopic (exact) mass is 304 g/mol. The number of hydrogen-bond acceptors (Lipinski definition) is 3. The molecule has 0 aliphatic rings. The standard InChI is InChI=1S/C16H17ClN2O2/c1-10-7-11(2)16(19(20)21)9-15(10)18-12(3)13-5-4-6-14(17)8-13/h4-9,12,18H,1-3H3. The van der Waals surface area contributed by atoms with Gasteiger partial charge in [0.05, 0.1) is 4.92 Å². The van der Waals surface area contributed by atoms with Crippen LogP contribution in [0.1, 0.15) is 29.7 Å². The topological polar surface area (TPSA) is 55.2 Å². The van der Waals surface area contributed by atoms with Gasteiger partial charge in [0, 0.05) is 28.4 Å². The van der Waals surface area contributed by atoms with Gasteiger partial charge in [0.1, 0.15) is 0 Å². The Bertz CT molecular complexity index is 686. The zero-order chi connectivity index (χ0) is 15.6. The van der Waals surface area contributed by atoms with Crippen molar-refractivity contribution >= 4 is 23.0 Å². The third-order valence-electron chi connectivity index (χ3n) is 3.46. The number of hydrogen-bond donors (Lipinski definition) is 1. The first kappa shape index (κ1) is 15.3. The molecular weight excluding hydrogens is 288 g/mol. The van der Waals surface area contributed by atoms with Crippen molar-refractivity contribution < 1.29 is 4.92 Å². The van der Waals surface area contributed by atoms with Gasteiger partial charge in [0.2, 0.25) is 0 Å². The van der Waals surface area contributed by atoms with Crippen LogP contribution in [-0.4, -0.2) is 4.92 Å². The number of nitrogens with zero attached hydrogens (tertiary/aromatic N) is 1. The molecule has 0 bridgehead atoms. The van der Waals surface area contributed by atoms with Gasteiger partial charge in [0.25, 0.3) is 5.69 Å². The van der Waals surface area contributed by atoms with Crippen LogP contribution in [0.25, 0.3) is 0 Å². The number of benzene rings is 2. The highest BCUT2D eigenvalue weighted by Gasteiger charge is 2.15. The second kappa shape index (κ2) is 6.14. The van der Waals surface area contributed by atoms with Crippen molar-refractivity contribution in [1.29, 1.82) is 0 Å². The molecule has 2 aromatic rings. The molecular formula is C16H17ClN2O2. The molecule has 0 aromatic heterocycles. The van der Waals surface area contributed by atoms with Crippen molar-refractivity contribution in [3.8, 4) is 0 Å². The number of halogens is 1. The maximum atomic E-state index is 11.0. The Hall–Kier alpha value is -2.07. The molecule has 0 spiro atoms. The molecule has 2 aromatic carbocycles. The van der Waals surface area contributed by atoms with Gasteiger partial charge in [-0.1, -0.05) is 23.7 Å². The van der Waals surface area contributed by atoms with Gasteiger partial charge in [0.15, 0.2) is 0 Å². The minimum atomic E-state index is -0.357. The molecule has 2 rings (SSSR count). The first-order valence-electron chi connectivity index (χ1n) is 6.66. The van der Waals surface area contributed by atoms with Crippen molar-refractivity contribution in [3.05, 3.63) is 68.2 Å². The van der Waals surface area contributed by atoms with Gasteiger partial charge in [-0.25, -0.2) is 0 Å². The molecule has 0 fully saturated rings. The molecule has 0 saturated carbocycles.